The summed E-state index contributed by atoms with van der Waals surface area (Å²) in [4.78, 5) is 1.75. The van der Waals surface area contributed by atoms with Crippen molar-refractivity contribution in [2.45, 2.75) is 0 Å². The molecule has 0 fully saturated rings. The van der Waals surface area contributed by atoms with E-state index in [1.54, 1.807) is 4.91 Å². The molecule has 0 bridgehead atoms. The van der Waals surface area contributed by atoms with Crippen molar-refractivity contribution < 1.29 is 0 Å². The molecular formula is C6H13N3. The van der Waals surface area contributed by atoms with E-state index >= 15 is 0 Å². The van der Waals surface area contributed by atoms with Crippen LogP contribution in [0.3, 0.4) is 0 Å². The molecule has 0 saturated carbocycles. The third-order valence-electron chi connectivity index (χ3n) is 0. The fraction of sp³-hybridized carbons (Fsp3) is 0. The van der Waals surface area contributed by atoms with Gasteiger partial charge >= 0.3 is 0 Å². The van der Waals surface area contributed by atoms with E-state index in [1.165, 1.54) is 0 Å². The number of nitrogens with zero attached hydrogens (tertiary/aromatic N) is 2. The molecule has 0 rings (SSSR count). The van der Waals surface area contributed by atoms with Gasteiger partial charge < -0.3 is 0 Å². The molecule has 0 unspecified atom stereocenters. The molecule has 0 spiro atoms. The maximum atomic E-state index is 6.86. The van der Waals surface area contributed by atoms with Crippen molar-refractivity contribution in [3.05, 3.63) is 49.9 Å². The van der Waals surface area contributed by atoms with Gasteiger partial charge in [0.1, 0.15) is 0 Å². The van der Waals surface area contributed by atoms with E-state index in [9.17, 15) is 0 Å². The van der Waals surface area contributed by atoms with Gasteiger partial charge in [0.2, 0.25) is 0 Å². The van der Waals surface area contributed by atoms with Crippen LogP contribution in [0.4, 0.5) is 0 Å². The summed E-state index contributed by atoms with van der Waals surface area (Å²) in [5.41, 5.74) is 12.2. The Hall–Kier alpha value is -1.47. The zero-order chi connectivity index (χ0) is 8.71. The summed E-state index contributed by atoms with van der Waals surface area (Å²) in [7, 11) is 0. The van der Waals surface area contributed by atoms with E-state index in [4.69, 9.17) is 11.1 Å². The molecule has 3 heteroatoms. The quantitative estimate of drug-likeness (QED) is 0.225. The summed E-state index contributed by atoms with van der Waals surface area (Å²) in [5, 5.41) is 0. The van der Waals surface area contributed by atoms with Gasteiger partial charge in [0, 0.05) is 0 Å². The second kappa shape index (κ2) is 904. The Bertz CT molecular complexity index is 50.6. The maximum Gasteiger partial charge on any atom is -0.00208 e. The zero-order valence-corrected chi connectivity index (χ0v) is 5.64. The highest BCUT2D eigenvalue weighted by molar-refractivity contribution is 4.22. The molecule has 0 aliphatic rings. The van der Waals surface area contributed by atoms with Gasteiger partial charge in [-0.15, -0.1) is 45.0 Å². The molecule has 9 heavy (non-hydrogen) atoms. The average Bonchev–Trinajstić information content (AvgIpc) is 2.01. The number of nitrogens with one attached hydrogen (secondary N) is 1. The lowest BCUT2D eigenvalue weighted by molar-refractivity contribution is 1.45. The van der Waals surface area contributed by atoms with Crippen LogP contribution >= 0.6 is 0 Å². The van der Waals surface area contributed by atoms with Crippen molar-refractivity contribution in [1.82, 2.24) is 0 Å². The van der Waals surface area contributed by atoms with Crippen LogP contribution in [0.15, 0.2) is 39.5 Å². The van der Waals surface area contributed by atoms with Crippen LogP contribution in [0.1, 0.15) is 0 Å². The molecule has 0 amide bonds. The zero-order valence-electron chi connectivity index (χ0n) is 5.64. The molecule has 1 N–H and O–H groups in total. The van der Waals surface area contributed by atoms with E-state index in [0.29, 0.717) is 0 Å². The second-order valence-electron chi connectivity index (χ2n) is 0.100. The Morgan fingerprint density at radius 3 is 0.889 bits per heavy atom. The summed E-state index contributed by atoms with van der Waals surface area (Å²) in [5.74, 6) is 0. The fourth-order valence-corrected chi connectivity index (χ4v) is 0. The molecular weight excluding hydrogens is 114 g/mol. The van der Waals surface area contributed by atoms with Gasteiger partial charge in [-0.2, -0.15) is 0 Å². The molecule has 0 saturated heterocycles. The van der Waals surface area contributed by atoms with Gasteiger partial charge in [-0.25, -0.2) is 0 Å². The van der Waals surface area contributed by atoms with Crippen LogP contribution in [0.5, 0.6) is 0 Å². The van der Waals surface area contributed by atoms with Crippen molar-refractivity contribution >= 4 is 0 Å². The summed E-state index contributed by atoms with van der Waals surface area (Å²) in [6.45, 7) is 18.0. The first-order valence-electron chi connectivity index (χ1n) is 1.92. The van der Waals surface area contributed by atoms with Crippen LogP contribution in [0.25, 0.3) is 10.4 Å². The highest BCUT2D eigenvalue weighted by atomic mass is 15.0. The monoisotopic (exact) mass is 127 g/mol. The smallest absolute Gasteiger partial charge is 0.00208 e. The van der Waals surface area contributed by atoms with Gasteiger partial charge in [0.15, 0.2) is 0 Å². The fourth-order valence-electron chi connectivity index (χ4n) is 0. The molecule has 0 heterocycles. The van der Waals surface area contributed by atoms with Crippen molar-refractivity contribution in [2.75, 3.05) is 0 Å². The molecule has 52 valence electrons. The molecule has 0 aromatic carbocycles. The Morgan fingerprint density at radius 1 is 0.889 bits per heavy atom. The average molecular weight is 127 g/mol. The van der Waals surface area contributed by atoms with Gasteiger partial charge in [0.05, 0.1) is 0 Å². The standard InChI is InChI=1S/3C2H4.HN3/c3*1-2;1-3-2/h3*1-2H2;1H. The van der Waals surface area contributed by atoms with Gasteiger partial charge in [-0.3, -0.25) is 0 Å². The van der Waals surface area contributed by atoms with Crippen LogP contribution in [-0.4, -0.2) is 0 Å². The molecule has 0 radical (unpaired) electrons. The maximum absolute atomic E-state index is 6.86. The number of rotatable bonds is 0. The summed E-state index contributed by atoms with van der Waals surface area (Å²) in [6.07, 6.45) is 0. The van der Waals surface area contributed by atoms with E-state index < -0.39 is 0 Å². The summed E-state index contributed by atoms with van der Waals surface area (Å²) in [6, 6.07) is 0. The Labute approximate surface area is 56.4 Å². The summed E-state index contributed by atoms with van der Waals surface area (Å²) >= 11 is 0. The second-order valence-corrected chi connectivity index (χ2v) is 0.100. The van der Waals surface area contributed by atoms with E-state index in [0.717, 1.165) is 0 Å². The number of hydrogen-bond acceptors (Lipinski definition) is 1. The van der Waals surface area contributed by atoms with E-state index in [1.807, 2.05) is 0 Å². The van der Waals surface area contributed by atoms with E-state index in [-0.39, 0.29) is 0 Å². The Kier molecular flexibility index (Phi) is 2590. The molecule has 0 atom stereocenters. The Morgan fingerprint density at radius 2 is 0.889 bits per heavy atom. The minimum absolute atomic E-state index is 1.75. The summed E-state index contributed by atoms with van der Waals surface area (Å²) < 4.78 is 0. The third kappa shape index (κ3) is 62.0. The van der Waals surface area contributed by atoms with Gasteiger partial charge in [-0.1, -0.05) is 0 Å². The number of hydrogen-bond donors (Lipinski definition) is 1. The van der Waals surface area contributed by atoms with Crippen LogP contribution in [0, 0.1) is 5.53 Å². The van der Waals surface area contributed by atoms with Crippen LogP contribution in [0.2, 0.25) is 0 Å². The van der Waals surface area contributed by atoms with Crippen molar-refractivity contribution in [3.8, 4) is 0 Å². The first kappa shape index (κ1) is 25.8. The lowest BCUT2D eigenvalue weighted by atomic mass is 11.3. The van der Waals surface area contributed by atoms with Gasteiger partial charge in [-0.05, 0) is 10.4 Å². The predicted molar refractivity (Wildman–Crippen MR) is 43.2 cm³/mol. The largest absolute Gasteiger partial charge is 0.108 e. The minimum Gasteiger partial charge on any atom is -0.108 e. The molecule has 0 aromatic heterocycles. The molecule has 0 aliphatic carbocycles. The highest BCUT2D eigenvalue weighted by Gasteiger charge is 0.973. The predicted octanol–water partition coefficient (Wildman–Crippen LogP) is 3.28. The van der Waals surface area contributed by atoms with Crippen molar-refractivity contribution in [2.24, 2.45) is 0 Å². The highest BCUT2D eigenvalue weighted by Crippen LogP contribution is 1.24. The van der Waals surface area contributed by atoms with E-state index in [2.05, 4.69) is 39.5 Å². The molecule has 0 aromatic rings. The Balaban J connectivity index is -0.0000000190. The van der Waals surface area contributed by atoms with Crippen LogP contribution < -0.4 is 0 Å². The first-order chi connectivity index (χ1) is 4.41. The molecule has 0 aliphatic heterocycles. The first-order valence-corrected chi connectivity index (χ1v) is 1.92. The van der Waals surface area contributed by atoms with Crippen molar-refractivity contribution in [3.63, 3.8) is 0 Å². The molecule has 3 nitrogen and oxygen atoms in total. The minimum atomic E-state index is 1.75. The normalized spacial score (nSPS) is 2.22. The lowest BCUT2D eigenvalue weighted by Crippen LogP contribution is -0.769. The van der Waals surface area contributed by atoms with Crippen LogP contribution in [-0.2, 0) is 0 Å². The van der Waals surface area contributed by atoms with Gasteiger partial charge in [0.25, 0.3) is 0 Å². The van der Waals surface area contributed by atoms with Crippen molar-refractivity contribution in [1.29, 1.82) is 5.53 Å². The topological polar surface area (TPSA) is 60.3 Å². The SMILES string of the molecule is C=C.C=C.C=C.[N-]=[N+]=N. The lowest BCUT2D eigenvalue weighted by Gasteiger charge is -1.03. The third-order valence-corrected chi connectivity index (χ3v) is 0.